The molecule has 1 aromatic carbocycles. The van der Waals surface area contributed by atoms with Crippen LogP contribution in [0.2, 0.25) is 0 Å². The van der Waals surface area contributed by atoms with E-state index in [-0.39, 0.29) is 0 Å². The second-order valence-electron chi connectivity index (χ2n) is 5.67. The van der Waals surface area contributed by atoms with E-state index < -0.39 is 0 Å². The summed E-state index contributed by atoms with van der Waals surface area (Å²) in [7, 11) is 0. The van der Waals surface area contributed by atoms with E-state index in [2.05, 4.69) is 17.4 Å². The second-order valence-corrected chi connectivity index (χ2v) is 5.67. The molecule has 0 saturated carbocycles. The molecule has 0 saturated heterocycles. The Bertz CT molecular complexity index is 445. The molecule has 0 bridgehead atoms. The van der Waals surface area contributed by atoms with Crippen molar-refractivity contribution in [2.24, 2.45) is 5.73 Å². The molecule has 1 aliphatic carbocycles. The summed E-state index contributed by atoms with van der Waals surface area (Å²) in [5, 5.41) is 3.45. The van der Waals surface area contributed by atoms with Crippen molar-refractivity contribution < 1.29 is 4.74 Å². The van der Waals surface area contributed by atoms with Gasteiger partial charge in [-0.3, -0.25) is 0 Å². The monoisotopic (exact) mass is 260 g/mol. The summed E-state index contributed by atoms with van der Waals surface area (Å²) in [5.41, 5.74) is 9.92. The number of nitrogens with one attached hydrogen (secondary N) is 1. The Labute approximate surface area is 115 Å². The van der Waals surface area contributed by atoms with Gasteiger partial charge in [-0.05, 0) is 68.3 Å². The van der Waals surface area contributed by atoms with Gasteiger partial charge in [0.05, 0.1) is 0 Å². The largest absolute Gasteiger partial charge is 0.489 e. The van der Waals surface area contributed by atoms with Crippen LogP contribution in [-0.4, -0.2) is 25.7 Å². The van der Waals surface area contributed by atoms with E-state index in [4.69, 9.17) is 10.5 Å². The van der Waals surface area contributed by atoms with Crippen molar-refractivity contribution in [2.45, 2.75) is 44.6 Å². The summed E-state index contributed by atoms with van der Waals surface area (Å²) in [4.78, 5) is 0. The number of fused-ring (bicyclic) bond motifs is 3. The summed E-state index contributed by atoms with van der Waals surface area (Å²) >= 11 is 0. The number of benzene rings is 1. The molecule has 3 nitrogen and oxygen atoms in total. The number of rotatable bonds is 5. The molecule has 19 heavy (non-hydrogen) atoms. The van der Waals surface area contributed by atoms with E-state index in [1.165, 1.54) is 41.7 Å². The molecule has 1 atom stereocenters. The zero-order valence-electron chi connectivity index (χ0n) is 11.6. The van der Waals surface area contributed by atoms with E-state index in [0.29, 0.717) is 6.10 Å². The lowest BCUT2D eigenvalue weighted by molar-refractivity contribution is 0.169. The van der Waals surface area contributed by atoms with Gasteiger partial charge < -0.3 is 15.8 Å². The van der Waals surface area contributed by atoms with E-state index in [1.54, 1.807) is 0 Å². The van der Waals surface area contributed by atoms with Crippen molar-refractivity contribution >= 4 is 0 Å². The fourth-order valence-electron chi connectivity index (χ4n) is 3.20. The smallest absolute Gasteiger partial charge is 0.126 e. The highest BCUT2D eigenvalue weighted by Gasteiger charge is 2.25. The Kier molecular flexibility index (Phi) is 4.04. The average molecular weight is 260 g/mol. The Hall–Kier alpha value is -1.06. The van der Waals surface area contributed by atoms with Crippen molar-refractivity contribution in [3.05, 3.63) is 28.8 Å². The Morgan fingerprint density at radius 3 is 3.00 bits per heavy atom. The summed E-state index contributed by atoms with van der Waals surface area (Å²) in [6.45, 7) is 2.70. The standard InChI is InChI=1S/C16H24N2O/c17-9-2-10-18-11-14-8-7-13-6-5-12-3-1-4-15(12)16(13)19-14/h5-6,14,18H,1-4,7-11,17H2. The first-order valence-corrected chi connectivity index (χ1v) is 7.59. The molecule has 1 unspecified atom stereocenters. The lowest BCUT2D eigenvalue weighted by Gasteiger charge is -2.28. The first kappa shape index (κ1) is 12.9. The van der Waals surface area contributed by atoms with Crippen molar-refractivity contribution in [1.29, 1.82) is 0 Å². The topological polar surface area (TPSA) is 47.3 Å². The molecule has 0 spiro atoms. The normalized spacial score (nSPS) is 20.8. The van der Waals surface area contributed by atoms with Crippen LogP contribution >= 0.6 is 0 Å². The third kappa shape index (κ3) is 2.77. The first-order chi connectivity index (χ1) is 9.38. The van der Waals surface area contributed by atoms with Crippen molar-refractivity contribution in [3.63, 3.8) is 0 Å². The van der Waals surface area contributed by atoms with E-state index in [9.17, 15) is 0 Å². The first-order valence-electron chi connectivity index (χ1n) is 7.59. The minimum atomic E-state index is 0.331. The summed E-state index contributed by atoms with van der Waals surface area (Å²) < 4.78 is 6.26. The summed E-state index contributed by atoms with van der Waals surface area (Å²) in [5.74, 6) is 1.21. The molecule has 2 aliphatic rings. The van der Waals surface area contributed by atoms with E-state index in [1.807, 2.05) is 0 Å². The fraction of sp³-hybridized carbons (Fsp3) is 0.625. The average Bonchev–Trinajstić information content (AvgIpc) is 2.92. The third-order valence-electron chi connectivity index (χ3n) is 4.26. The van der Waals surface area contributed by atoms with Crippen LogP contribution in [0.25, 0.3) is 0 Å². The van der Waals surface area contributed by atoms with Gasteiger partial charge in [-0.2, -0.15) is 0 Å². The zero-order chi connectivity index (χ0) is 13.1. The number of nitrogens with two attached hydrogens (primary N) is 1. The molecule has 0 aromatic heterocycles. The van der Waals surface area contributed by atoms with Crippen molar-refractivity contribution in [1.82, 2.24) is 5.32 Å². The van der Waals surface area contributed by atoms with Crippen molar-refractivity contribution in [3.8, 4) is 5.75 Å². The van der Waals surface area contributed by atoms with Crippen LogP contribution in [0, 0.1) is 0 Å². The van der Waals surface area contributed by atoms with Crippen LogP contribution < -0.4 is 15.8 Å². The maximum absolute atomic E-state index is 6.26. The van der Waals surface area contributed by atoms with Crippen LogP contribution in [0.4, 0.5) is 0 Å². The van der Waals surface area contributed by atoms with Gasteiger partial charge in [0.25, 0.3) is 0 Å². The highest BCUT2D eigenvalue weighted by molar-refractivity contribution is 5.49. The lowest BCUT2D eigenvalue weighted by atomic mass is 9.97. The minimum absolute atomic E-state index is 0.331. The quantitative estimate of drug-likeness (QED) is 0.794. The van der Waals surface area contributed by atoms with Crippen molar-refractivity contribution in [2.75, 3.05) is 19.6 Å². The Morgan fingerprint density at radius 2 is 2.11 bits per heavy atom. The molecular formula is C16H24N2O. The number of hydrogen-bond donors (Lipinski definition) is 2. The van der Waals surface area contributed by atoms with Gasteiger partial charge in [0.2, 0.25) is 0 Å². The third-order valence-corrected chi connectivity index (χ3v) is 4.26. The highest BCUT2D eigenvalue weighted by Crippen LogP contribution is 2.37. The fourth-order valence-corrected chi connectivity index (χ4v) is 3.20. The lowest BCUT2D eigenvalue weighted by Crippen LogP contribution is -2.35. The minimum Gasteiger partial charge on any atom is -0.489 e. The number of aryl methyl sites for hydroxylation is 2. The molecule has 1 aliphatic heterocycles. The Balaban J connectivity index is 1.64. The zero-order valence-corrected chi connectivity index (χ0v) is 11.6. The Morgan fingerprint density at radius 1 is 1.21 bits per heavy atom. The molecule has 0 radical (unpaired) electrons. The summed E-state index contributed by atoms with van der Waals surface area (Å²) in [6.07, 6.45) is 7.37. The molecule has 3 heteroatoms. The van der Waals surface area contributed by atoms with Crippen LogP contribution in [0.15, 0.2) is 12.1 Å². The van der Waals surface area contributed by atoms with E-state index in [0.717, 1.165) is 38.9 Å². The molecule has 3 N–H and O–H groups in total. The summed E-state index contributed by atoms with van der Waals surface area (Å²) in [6, 6.07) is 4.59. The van der Waals surface area contributed by atoms with Crippen LogP contribution in [0.5, 0.6) is 5.75 Å². The maximum atomic E-state index is 6.26. The van der Waals surface area contributed by atoms with Gasteiger partial charge >= 0.3 is 0 Å². The number of hydrogen-bond acceptors (Lipinski definition) is 3. The maximum Gasteiger partial charge on any atom is 0.126 e. The van der Waals surface area contributed by atoms with Gasteiger partial charge in [0.1, 0.15) is 11.9 Å². The van der Waals surface area contributed by atoms with Gasteiger partial charge in [0, 0.05) is 6.54 Å². The number of ether oxygens (including phenoxy) is 1. The molecule has 3 rings (SSSR count). The SMILES string of the molecule is NCCCNCC1CCc2ccc3c(c2O1)CCC3. The molecule has 0 fully saturated rings. The predicted octanol–water partition coefficient (Wildman–Crippen LogP) is 1.81. The highest BCUT2D eigenvalue weighted by atomic mass is 16.5. The van der Waals surface area contributed by atoms with Gasteiger partial charge in [0.15, 0.2) is 0 Å². The van der Waals surface area contributed by atoms with Crippen LogP contribution in [0.1, 0.15) is 36.0 Å². The van der Waals surface area contributed by atoms with Gasteiger partial charge in [-0.1, -0.05) is 12.1 Å². The van der Waals surface area contributed by atoms with Crippen LogP contribution in [-0.2, 0) is 19.3 Å². The van der Waals surface area contributed by atoms with Gasteiger partial charge in [-0.15, -0.1) is 0 Å². The molecule has 104 valence electrons. The molecule has 0 amide bonds. The second kappa shape index (κ2) is 5.93. The molecule has 1 heterocycles. The predicted molar refractivity (Wildman–Crippen MR) is 77.7 cm³/mol. The van der Waals surface area contributed by atoms with E-state index >= 15 is 0 Å². The van der Waals surface area contributed by atoms with Crippen LogP contribution in [0.3, 0.4) is 0 Å². The van der Waals surface area contributed by atoms with Gasteiger partial charge in [-0.25, -0.2) is 0 Å². The molecular weight excluding hydrogens is 236 g/mol. The molecule has 1 aromatic rings.